The van der Waals surface area contributed by atoms with Crippen molar-refractivity contribution in [3.63, 3.8) is 0 Å². The van der Waals surface area contributed by atoms with Gasteiger partial charge in [0.1, 0.15) is 0 Å². The number of methoxy groups -OCH3 is 1. The number of rotatable bonds is 6. The minimum Gasteiger partial charge on any atom is -0.493 e. The average molecular weight is 349 g/mol. The molecule has 1 aromatic carbocycles. The predicted molar refractivity (Wildman–Crippen MR) is 93.1 cm³/mol. The molecule has 1 spiro atoms. The van der Waals surface area contributed by atoms with Gasteiger partial charge in [-0.15, -0.1) is 0 Å². The molecule has 1 N–H and O–H groups in total. The first-order chi connectivity index (χ1) is 12.1. The maximum absolute atomic E-state index is 10.7. The highest BCUT2D eigenvalue weighted by Gasteiger charge is 2.35. The summed E-state index contributed by atoms with van der Waals surface area (Å²) in [5, 5.41) is 8.81. The first kappa shape index (κ1) is 18.0. The van der Waals surface area contributed by atoms with E-state index in [9.17, 15) is 4.79 Å². The molecule has 6 nitrogen and oxygen atoms in total. The summed E-state index contributed by atoms with van der Waals surface area (Å²) in [6.07, 6.45) is 4.84. The number of carboxylic acid groups (broad SMARTS) is 1. The predicted octanol–water partition coefficient (Wildman–Crippen LogP) is 2.55. The van der Waals surface area contributed by atoms with Crippen LogP contribution in [0.25, 0.3) is 0 Å². The molecule has 2 aliphatic heterocycles. The van der Waals surface area contributed by atoms with Crippen molar-refractivity contribution in [1.29, 1.82) is 0 Å². The van der Waals surface area contributed by atoms with Gasteiger partial charge < -0.3 is 19.3 Å². The van der Waals surface area contributed by atoms with Crippen molar-refractivity contribution in [2.45, 2.75) is 32.2 Å². The quantitative estimate of drug-likeness (QED) is 0.851. The number of benzene rings is 1. The van der Waals surface area contributed by atoms with Crippen molar-refractivity contribution >= 4 is 5.97 Å². The number of hydrogen-bond acceptors (Lipinski definition) is 5. The Morgan fingerprint density at radius 1 is 1.20 bits per heavy atom. The molecule has 0 radical (unpaired) electrons. The molecule has 0 bridgehead atoms. The molecule has 2 saturated heterocycles. The van der Waals surface area contributed by atoms with Gasteiger partial charge in [-0.05, 0) is 61.9 Å². The Balaban J connectivity index is 1.59. The SMILES string of the molecule is COc1ccc(CN2CCC3(CCOCC3)CC2)cc1OCC(=O)O. The summed E-state index contributed by atoms with van der Waals surface area (Å²) in [7, 11) is 1.56. The first-order valence-corrected chi connectivity index (χ1v) is 8.92. The fourth-order valence-electron chi connectivity index (χ4n) is 3.82. The Kier molecular flexibility index (Phi) is 5.81. The zero-order valence-electron chi connectivity index (χ0n) is 14.8. The largest absolute Gasteiger partial charge is 0.493 e. The Morgan fingerprint density at radius 2 is 1.92 bits per heavy atom. The highest BCUT2D eigenvalue weighted by Crippen LogP contribution is 2.41. The van der Waals surface area contributed by atoms with Gasteiger partial charge in [-0.3, -0.25) is 4.90 Å². The third-order valence-corrected chi connectivity index (χ3v) is 5.46. The summed E-state index contributed by atoms with van der Waals surface area (Å²) in [5.74, 6) is 0.0513. The van der Waals surface area contributed by atoms with Crippen LogP contribution in [0.4, 0.5) is 0 Å². The Morgan fingerprint density at radius 3 is 2.56 bits per heavy atom. The van der Waals surface area contributed by atoms with Crippen LogP contribution in [0.2, 0.25) is 0 Å². The highest BCUT2D eigenvalue weighted by atomic mass is 16.5. The van der Waals surface area contributed by atoms with Crippen LogP contribution in [0.1, 0.15) is 31.2 Å². The summed E-state index contributed by atoms with van der Waals surface area (Å²) in [6, 6.07) is 5.75. The van der Waals surface area contributed by atoms with Crippen LogP contribution in [0.3, 0.4) is 0 Å². The number of hydrogen-bond donors (Lipinski definition) is 1. The van der Waals surface area contributed by atoms with Gasteiger partial charge in [-0.25, -0.2) is 4.79 Å². The average Bonchev–Trinajstić information content (AvgIpc) is 2.63. The molecule has 1 aromatic rings. The molecule has 138 valence electrons. The summed E-state index contributed by atoms with van der Waals surface area (Å²) >= 11 is 0. The maximum atomic E-state index is 10.7. The lowest BCUT2D eigenvalue weighted by Gasteiger charge is -2.44. The molecule has 0 aromatic heterocycles. The summed E-state index contributed by atoms with van der Waals surface area (Å²) in [4.78, 5) is 13.2. The van der Waals surface area contributed by atoms with Crippen LogP contribution in [-0.4, -0.2) is 56.0 Å². The van der Waals surface area contributed by atoms with E-state index in [2.05, 4.69) is 4.90 Å². The minimum absolute atomic E-state index is 0.367. The second-order valence-electron chi connectivity index (χ2n) is 7.06. The van der Waals surface area contributed by atoms with Crippen molar-refractivity contribution in [2.75, 3.05) is 40.0 Å². The second-order valence-corrected chi connectivity index (χ2v) is 7.06. The number of carbonyl (C=O) groups is 1. The zero-order chi connectivity index (χ0) is 17.7. The van der Waals surface area contributed by atoms with E-state index < -0.39 is 5.97 Å². The molecule has 0 atom stereocenters. The van der Waals surface area contributed by atoms with Gasteiger partial charge in [0.05, 0.1) is 7.11 Å². The molecule has 2 aliphatic rings. The molecule has 3 rings (SSSR count). The van der Waals surface area contributed by atoms with Crippen LogP contribution >= 0.6 is 0 Å². The summed E-state index contributed by atoms with van der Waals surface area (Å²) in [6.45, 7) is 4.48. The lowest BCUT2D eigenvalue weighted by molar-refractivity contribution is -0.139. The van der Waals surface area contributed by atoms with Crippen LogP contribution in [0.5, 0.6) is 11.5 Å². The number of nitrogens with zero attached hydrogens (tertiary/aromatic N) is 1. The number of piperidine rings is 1. The molecule has 2 fully saturated rings. The number of aliphatic carboxylic acids is 1. The highest BCUT2D eigenvalue weighted by molar-refractivity contribution is 5.68. The van der Waals surface area contributed by atoms with Crippen molar-refractivity contribution in [3.05, 3.63) is 23.8 Å². The van der Waals surface area contributed by atoms with Crippen molar-refractivity contribution in [2.24, 2.45) is 5.41 Å². The van der Waals surface area contributed by atoms with Gasteiger partial charge in [0, 0.05) is 19.8 Å². The van der Waals surface area contributed by atoms with E-state index in [4.69, 9.17) is 19.3 Å². The molecule has 6 heteroatoms. The standard InChI is InChI=1S/C19H27NO5/c1-23-16-3-2-15(12-17(16)25-14-18(21)22)13-20-8-4-19(5-9-20)6-10-24-11-7-19/h2-3,12H,4-11,13-14H2,1H3,(H,21,22). The van der Waals surface area contributed by atoms with E-state index >= 15 is 0 Å². The van der Waals surface area contributed by atoms with E-state index in [0.717, 1.165) is 38.4 Å². The summed E-state index contributed by atoms with van der Waals surface area (Å²) in [5.41, 5.74) is 1.61. The maximum Gasteiger partial charge on any atom is 0.341 e. The molecule has 2 heterocycles. The lowest BCUT2D eigenvalue weighted by Crippen LogP contribution is -2.42. The first-order valence-electron chi connectivity index (χ1n) is 8.92. The second kappa shape index (κ2) is 8.06. The fourth-order valence-corrected chi connectivity index (χ4v) is 3.82. The molecule has 0 amide bonds. The van der Waals surface area contributed by atoms with Gasteiger partial charge in [0.15, 0.2) is 18.1 Å². The van der Waals surface area contributed by atoms with Crippen LogP contribution in [0.15, 0.2) is 18.2 Å². The van der Waals surface area contributed by atoms with Crippen LogP contribution in [0, 0.1) is 5.41 Å². The van der Waals surface area contributed by atoms with E-state index in [0.29, 0.717) is 16.9 Å². The number of likely N-dealkylation sites (tertiary alicyclic amines) is 1. The fraction of sp³-hybridized carbons (Fsp3) is 0.632. The Labute approximate surface area is 148 Å². The van der Waals surface area contributed by atoms with E-state index in [1.807, 2.05) is 18.2 Å². The summed E-state index contributed by atoms with van der Waals surface area (Å²) < 4.78 is 16.1. The van der Waals surface area contributed by atoms with Crippen molar-refractivity contribution in [1.82, 2.24) is 4.90 Å². The monoisotopic (exact) mass is 349 g/mol. The van der Waals surface area contributed by atoms with Crippen molar-refractivity contribution < 1.29 is 24.1 Å². The molecule has 25 heavy (non-hydrogen) atoms. The molecule has 0 unspecified atom stereocenters. The van der Waals surface area contributed by atoms with E-state index in [1.54, 1.807) is 7.11 Å². The Bertz CT molecular complexity index is 587. The molecule has 0 saturated carbocycles. The molecule has 0 aliphatic carbocycles. The van der Waals surface area contributed by atoms with E-state index in [1.165, 1.54) is 25.7 Å². The van der Waals surface area contributed by atoms with Crippen LogP contribution in [-0.2, 0) is 16.1 Å². The van der Waals surface area contributed by atoms with Gasteiger partial charge in [-0.2, -0.15) is 0 Å². The zero-order valence-corrected chi connectivity index (χ0v) is 14.8. The van der Waals surface area contributed by atoms with E-state index in [-0.39, 0.29) is 6.61 Å². The van der Waals surface area contributed by atoms with Gasteiger partial charge in [0.25, 0.3) is 0 Å². The Hall–Kier alpha value is -1.79. The minimum atomic E-state index is -0.995. The van der Waals surface area contributed by atoms with Crippen LogP contribution < -0.4 is 9.47 Å². The third-order valence-electron chi connectivity index (χ3n) is 5.46. The lowest BCUT2D eigenvalue weighted by atomic mass is 9.72. The molecular weight excluding hydrogens is 322 g/mol. The number of carboxylic acids is 1. The van der Waals surface area contributed by atoms with Gasteiger partial charge >= 0.3 is 5.97 Å². The van der Waals surface area contributed by atoms with Gasteiger partial charge in [0.2, 0.25) is 0 Å². The topological polar surface area (TPSA) is 68.2 Å². The molecular formula is C19H27NO5. The van der Waals surface area contributed by atoms with Gasteiger partial charge in [-0.1, -0.05) is 6.07 Å². The third kappa shape index (κ3) is 4.64. The number of ether oxygens (including phenoxy) is 3. The normalized spacial score (nSPS) is 20.4. The van der Waals surface area contributed by atoms with Crippen molar-refractivity contribution in [3.8, 4) is 11.5 Å². The smallest absolute Gasteiger partial charge is 0.341 e.